The molecule has 3 rings (SSSR count). The molecule has 0 aromatic rings. The quantitative estimate of drug-likeness (QED) is 0.312. The number of nitrogens with zero attached hydrogens (tertiary/aromatic N) is 1. The summed E-state index contributed by atoms with van der Waals surface area (Å²) in [5, 5.41) is -2.98. The molecule has 0 saturated carbocycles. The zero-order chi connectivity index (χ0) is 20.9. The number of hydrogen-bond acceptors (Lipinski definition) is 7. The van der Waals surface area contributed by atoms with Gasteiger partial charge in [0.05, 0.1) is 27.1 Å². The molecule has 0 aromatic carbocycles. The third-order valence-electron chi connectivity index (χ3n) is 6.81. The SMILES string of the molecule is CC1=C2C(C)C(S(=O)(=O)[O-])C(C)[NH+]2[B-](F)(F)N2C(C)C(S(=O)(=O)[O-])C(C)C12.[Na+].[Na+]. The van der Waals surface area contributed by atoms with Crippen LogP contribution in [-0.2, 0) is 20.2 Å². The molecule has 15 heteroatoms. The molecule has 156 valence electrons. The molecule has 3 aliphatic heterocycles. The summed E-state index contributed by atoms with van der Waals surface area (Å²) in [5.41, 5.74) is 0.579. The van der Waals surface area contributed by atoms with Crippen LogP contribution in [-0.4, -0.2) is 66.3 Å². The first-order valence-corrected chi connectivity index (χ1v) is 11.8. The molecular weight excluding hydrogens is 451 g/mol. The van der Waals surface area contributed by atoms with Gasteiger partial charge in [-0.15, -0.1) is 0 Å². The maximum Gasteiger partial charge on any atom is 1.00 e. The number of nitrogens with one attached hydrogen (secondary N) is 1. The van der Waals surface area contributed by atoms with E-state index in [0.717, 1.165) is 4.81 Å². The molecule has 29 heavy (non-hydrogen) atoms. The molecule has 8 unspecified atom stereocenters. The van der Waals surface area contributed by atoms with Crippen molar-refractivity contribution in [3.05, 3.63) is 11.3 Å². The van der Waals surface area contributed by atoms with Crippen molar-refractivity contribution in [1.29, 1.82) is 0 Å². The summed E-state index contributed by atoms with van der Waals surface area (Å²) in [6, 6.07) is -3.41. The second-order valence-corrected chi connectivity index (χ2v) is 11.2. The van der Waals surface area contributed by atoms with Gasteiger partial charge in [-0.25, -0.2) is 16.8 Å². The minimum atomic E-state index is -4.81. The van der Waals surface area contributed by atoms with Crippen LogP contribution in [0.2, 0.25) is 0 Å². The van der Waals surface area contributed by atoms with Gasteiger partial charge < -0.3 is 27.4 Å². The first-order valence-electron chi connectivity index (χ1n) is 8.81. The van der Waals surface area contributed by atoms with Crippen molar-refractivity contribution in [2.24, 2.45) is 11.8 Å². The van der Waals surface area contributed by atoms with Crippen molar-refractivity contribution in [2.75, 3.05) is 0 Å². The number of quaternary nitrogens is 1. The molecule has 0 radical (unpaired) electrons. The van der Waals surface area contributed by atoms with Crippen molar-refractivity contribution in [3.8, 4) is 0 Å². The predicted octanol–water partition coefficient (Wildman–Crippen LogP) is -6.88. The van der Waals surface area contributed by atoms with E-state index >= 15 is 8.63 Å². The van der Waals surface area contributed by atoms with E-state index in [4.69, 9.17) is 0 Å². The number of halogens is 2. The van der Waals surface area contributed by atoms with Crippen LogP contribution in [0.1, 0.15) is 34.6 Å². The first-order chi connectivity index (χ1) is 12.0. The minimum absolute atomic E-state index is 0. The molecule has 0 bridgehead atoms. The smallest absolute Gasteiger partial charge is 0.748 e. The Labute approximate surface area is 215 Å². The van der Waals surface area contributed by atoms with Crippen LogP contribution in [0.25, 0.3) is 0 Å². The summed E-state index contributed by atoms with van der Waals surface area (Å²) < 4.78 is 101. The molecule has 8 atom stereocenters. The normalized spacial score (nSPS) is 42.0. The summed E-state index contributed by atoms with van der Waals surface area (Å²) in [6.45, 7) is 2.57. The van der Waals surface area contributed by atoms with Gasteiger partial charge in [0.2, 0.25) is 0 Å². The summed E-state index contributed by atoms with van der Waals surface area (Å²) in [4.78, 5) is 0.394. The van der Waals surface area contributed by atoms with Crippen molar-refractivity contribution >= 4 is 27.2 Å². The molecule has 0 aromatic heterocycles. The van der Waals surface area contributed by atoms with Gasteiger partial charge in [-0.1, -0.05) is 20.8 Å². The van der Waals surface area contributed by atoms with Crippen LogP contribution in [0.4, 0.5) is 8.63 Å². The van der Waals surface area contributed by atoms with Crippen LogP contribution < -0.4 is 63.9 Å². The maximum atomic E-state index is 15.6. The Balaban J connectivity index is 0.00000210. The van der Waals surface area contributed by atoms with E-state index in [1.165, 1.54) is 27.7 Å². The topological polar surface area (TPSA) is 122 Å². The molecule has 0 amide bonds. The van der Waals surface area contributed by atoms with E-state index < -0.39 is 67.7 Å². The van der Waals surface area contributed by atoms with Gasteiger partial charge in [0, 0.05) is 12.0 Å². The third kappa shape index (κ3) is 4.10. The third-order valence-corrected chi connectivity index (χ3v) is 9.78. The summed E-state index contributed by atoms with van der Waals surface area (Å²) in [6.07, 6.45) is 0. The van der Waals surface area contributed by atoms with Gasteiger partial charge in [-0.05, 0) is 31.4 Å². The van der Waals surface area contributed by atoms with Crippen molar-refractivity contribution in [3.63, 3.8) is 0 Å². The predicted molar refractivity (Wildman–Crippen MR) is 91.5 cm³/mol. The molecule has 0 spiro atoms. The van der Waals surface area contributed by atoms with Crippen LogP contribution in [0, 0.1) is 11.8 Å². The van der Waals surface area contributed by atoms with Gasteiger partial charge in [-0.3, -0.25) is 0 Å². The van der Waals surface area contributed by atoms with Crippen LogP contribution in [0.15, 0.2) is 11.3 Å². The minimum Gasteiger partial charge on any atom is -0.748 e. The number of hydrogen-bond donors (Lipinski definition) is 1. The number of fused-ring (bicyclic) bond motifs is 2. The number of rotatable bonds is 2. The van der Waals surface area contributed by atoms with Gasteiger partial charge in [0.25, 0.3) is 0 Å². The van der Waals surface area contributed by atoms with E-state index in [0.29, 0.717) is 5.57 Å². The fourth-order valence-corrected chi connectivity index (χ4v) is 8.71. The zero-order valence-corrected chi connectivity index (χ0v) is 23.2. The molecular formula is C14H23BF2N2Na2O6S2. The number of allylic oxidation sites excluding steroid dienone is 1. The Hall–Kier alpha value is 1.40. The molecule has 8 nitrogen and oxygen atoms in total. The monoisotopic (exact) mass is 474 g/mol. The molecule has 2 saturated heterocycles. The van der Waals surface area contributed by atoms with Gasteiger partial charge in [0.15, 0.2) is 0 Å². The molecule has 0 aliphatic carbocycles. The van der Waals surface area contributed by atoms with Gasteiger partial charge >= 0.3 is 66.1 Å². The van der Waals surface area contributed by atoms with Crippen molar-refractivity contribution < 1.29 is 98.5 Å². The van der Waals surface area contributed by atoms with Crippen molar-refractivity contribution in [2.45, 2.75) is 63.2 Å². The second-order valence-electron chi connectivity index (χ2n) is 8.16. The van der Waals surface area contributed by atoms with Crippen LogP contribution >= 0.6 is 0 Å². The van der Waals surface area contributed by atoms with Crippen molar-refractivity contribution in [1.82, 2.24) is 4.81 Å². The Morgan fingerprint density at radius 3 is 1.83 bits per heavy atom. The molecule has 1 N–H and O–H groups in total. The Morgan fingerprint density at radius 2 is 1.41 bits per heavy atom. The van der Waals surface area contributed by atoms with Gasteiger partial charge in [0.1, 0.15) is 15.4 Å². The molecule has 3 heterocycles. The summed E-state index contributed by atoms with van der Waals surface area (Å²) >= 11 is 0. The Morgan fingerprint density at radius 1 is 0.966 bits per heavy atom. The molecule has 3 aliphatic rings. The Bertz CT molecular complexity index is 919. The van der Waals surface area contributed by atoms with Crippen LogP contribution in [0.3, 0.4) is 0 Å². The largest absolute Gasteiger partial charge is 1.00 e. The summed E-state index contributed by atoms with van der Waals surface area (Å²) in [7, 11) is -9.62. The molecule has 2 fully saturated rings. The maximum absolute atomic E-state index is 15.6. The average molecular weight is 474 g/mol. The zero-order valence-electron chi connectivity index (χ0n) is 17.6. The first kappa shape index (κ1) is 28.4. The van der Waals surface area contributed by atoms with Crippen LogP contribution in [0.5, 0.6) is 0 Å². The van der Waals surface area contributed by atoms with E-state index in [2.05, 4.69) is 0 Å². The average Bonchev–Trinajstić information content (AvgIpc) is 2.87. The fourth-order valence-electron chi connectivity index (χ4n) is 6.13. The Kier molecular flexibility index (Phi) is 8.47. The summed E-state index contributed by atoms with van der Waals surface area (Å²) in [5.74, 6) is -1.80. The van der Waals surface area contributed by atoms with E-state index in [1.807, 2.05) is 0 Å². The van der Waals surface area contributed by atoms with Gasteiger partial charge in [-0.2, -0.15) is 0 Å². The standard InChI is InChI=1S/C14H25BF2N2O6S2.2Na/c1-6-11-7(2)13(26(20,21)22)9(4)18(11)15(16,17)19-10(5)14(27(23,24)25)8(3)12(6)19;;/h7-11,13-14,19H,1-5H3,(H,20,21,22)(H,23,24,25);;/q;2*+1/p-2. The van der Waals surface area contributed by atoms with E-state index in [1.54, 1.807) is 6.92 Å². The second kappa shape index (κ2) is 8.64. The van der Waals surface area contributed by atoms with E-state index in [9.17, 15) is 25.9 Å². The fraction of sp³-hybridized carbons (Fsp3) is 0.857. The van der Waals surface area contributed by atoms with E-state index in [-0.39, 0.29) is 69.6 Å².